The van der Waals surface area contributed by atoms with Crippen LogP contribution in [0.4, 0.5) is 0 Å². The molecule has 1 atom stereocenters. The Morgan fingerprint density at radius 2 is 1.82 bits per heavy atom. The number of likely N-dealkylation sites (N-methyl/N-ethyl adjacent to an activating group) is 1. The minimum absolute atomic E-state index is 0.202. The maximum absolute atomic E-state index is 11.4. The van der Waals surface area contributed by atoms with Crippen LogP contribution in [0, 0.1) is 0 Å². The van der Waals surface area contributed by atoms with Gasteiger partial charge in [0.2, 0.25) is 5.78 Å². The van der Waals surface area contributed by atoms with Crippen LogP contribution in [0.3, 0.4) is 0 Å². The molecule has 1 amide bonds. The van der Waals surface area contributed by atoms with Crippen LogP contribution in [-0.2, 0) is 19.1 Å². The SMILES string of the molecule is C=C(C)C(=O)OC(C)CN(CC)C(=O)C(C)=O. The van der Waals surface area contributed by atoms with Crippen molar-refractivity contribution >= 4 is 17.7 Å². The Bertz CT molecular complexity index is 335. The fourth-order valence-corrected chi connectivity index (χ4v) is 1.21. The van der Waals surface area contributed by atoms with Gasteiger partial charge in [0, 0.05) is 19.0 Å². The van der Waals surface area contributed by atoms with Crippen molar-refractivity contribution in [2.75, 3.05) is 13.1 Å². The fraction of sp³-hybridized carbons (Fsp3) is 0.583. The summed E-state index contributed by atoms with van der Waals surface area (Å²) in [5.74, 6) is -1.58. The molecule has 0 aliphatic heterocycles. The number of nitrogens with zero attached hydrogens (tertiary/aromatic N) is 1. The number of ketones is 1. The lowest BCUT2D eigenvalue weighted by molar-refractivity contribution is -0.149. The average molecular weight is 241 g/mol. The van der Waals surface area contributed by atoms with Crippen molar-refractivity contribution in [2.45, 2.75) is 33.8 Å². The number of Topliss-reactive ketones (excluding diaryl/α,β-unsaturated/α-hetero) is 1. The first-order valence-corrected chi connectivity index (χ1v) is 5.45. The second-order valence-electron chi connectivity index (χ2n) is 3.90. The molecule has 1 unspecified atom stereocenters. The van der Waals surface area contributed by atoms with E-state index >= 15 is 0 Å². The molecule has 0 aliphatic carbocycles. The topological polar surface area (TPSA) is 63.7 Å². The van der Waals surface area contributed by atoms with E-state index in [1.165, 1.54) is 11.8 Å². The highest BCUT2D eigenvalue weighted by Crippen LogP contribution is 2.02. The Morgan fingerprint density at radius 3 is 2.18 bits per heavy atom. The molecule has 0 saturated heterocycles. The van der Waals surface area contributed by atoms with Crippen molar-refractivity contribution in [3.8, 4) is 0 Å². The van der Waals surface area contributed by atoms with Crippen LogP contribution >= 0.6 is 0 Å². The lowest BCUT2D eigenvalue weighted by Crippen LogP contribution is -2.41. The summed E-state index contributed by atoms with van der Waals surface area (Å²) in [6.07, 6.45) is -0.470. The van der Waals surface area contributed by atoms with E-state index in [1.54, 1.807) is 20.8 Å². The largest absolute Gasteiger partial charge is 0.457 e. The van der Waals surface area contributed by atoms with E-state index in [0.717, 1.165) is 0 Å². The molecule has 96 valence electrons. The van der Waals surface area contributed by atoms with Crippen LogP contribution in [0.5, 0.6) is 0 Å². The third kappa shape index (κ3) is 5.29. The summed E-state index contributed by atoms with van der Waals surface area (Å²) in [5, 5.41) is 0. The summed E-state index contributed by atoms with van der Waals surface area (Å²) in [4.78, 5) is 35.0. The normalized spacial score (nSPS) is 11.5. The molecule has 0 aliphatic rings. The lowest BCUT2D eigenvalue weighted by atomic mass is 10.3. The number of esters is 1. The molecule has 0 spiro atoms. The van der Waals surface area contributed by atoms with Gasteiger partial charge in [0.15, 0.2) is 0 Å². The van der Waals surface area contributed by atoms with E-state index in [9.17, 15) is 14.4 Å². The van der Waals surface area contributed by atoms with Gasteiger partial charge in [0.05, 0.1) is 6.54 Å². The van der Waals surface area contributed by atoms with Crippen LogP contribution in [0.2, 0.25) is 0 Å². The predicted octanol–water partition coefficient (Wildman–Crippen LogP) is 0.932. The van der Waals surface area contributed by atoms with E-state index in [4.69, 9.17) is 4.74 Å². The molecule has 0 saturated carbocycles. The lowest BCUT2D eigenvalue weighted by Gasteiger charge is -2.23. The van der Waals surface area contributed by atoms with Crippen LogP contribution in [-0.4, -0.2) is 41.8 Å². The molecule has 5 heteroatoms. The van der Waals surface area contributed by atoms with E-state index in [2.05, 4.69) is 6.58 Å². The van der Waals surface area contributed by atoms with Crippen molar-refractivity contribution < 1.29 is 19.1 Å². The summed E-state index contributed by atoms with van der Waals surface area (Å²) < 4.78 is 5.03. The second-order valence-corrected chi connectivity index (χ2v) is 3.90. The Hall–Kier alpha value is -1.65. The minimum atomic E-state index is -0.564. The summed E-state index contributed by atoms with van der Waals surface area (Å²) in [5.41, 5.74) is 0.304. The van der Waals surface area contributed by atoms with E-state index < -0.39 is 23.8 Å². The van der Waals surface area contributed by atoms with Gasteiger partial charge in [-0.25, -0.2) is 4.79 Å². The highest BCUT2D eigenvalue weighted by molar-refractivity contribution is 6.35. The summed E-state index contributed by atoms with van der Waals surface area (Å²) in [6.45, 7) is 10.2. The van der Waals surface area contributed by atoms with Crippen molar-refractivity contribution in [3.05, 3.63) is 12.2 Å². The Kier molecular flexibility index (Phi) is 6.17. The van der Waals surface area contributed by atoms with Crippen molar-refractivity contribution in [1.82, 2.24) is 4.90 Å². The standard InChI is InChI=1S/C12H19NO4/c1-6-13(11(15)10(5)14)7-9(4)17-12(16)8(2)3/h9H,2,6-7H2,1,3-5H3. The average Bonchev–Trinajstić information content (AvgIpc) is 2.24. The van der Waals surface area contributed by atoms with Crippen molar-refractivity contribution in [3.63, 3.8) is 0 Å². The van der Waals surface area contributed by atoms with Gasteiger partial charge < -0.3 is 9.64 Å². The number of ether oxygens (including phenoxy) is 1. The number of amides is 1. The number of hydrogen-bond donors (Lipinski definition) is 0. The molecule has 0 aromatic carbocycles. The Morgan fingerprint density at radius 1 is 1.29 bits per heavy atom. The van der Waals surface area contributed by atoms with Crippen LogP contribution in [0.1, 0.15) is 27.7 Å². The van der Waals surface area contributed by atoms with Crippen molar-refractivity contribution in [2.24, 2.45) is 0 Å². The maximum atomic E-state index is 11.4. The molecule has 0 aromatic heterocycles. The first-order valence-electron chi connectivity index (χ1n) is 5.45. The molecule has 0 heterocycles. The molecule has 5 nitrogen and oxygen atoms in total. The molecule has 0 radical (unpaired) electrons. The molecule has 0 aromatic rings. The highest BCUT2D eigenvalue weighted by Gasteiger charge is 2.20. The summed E-state index contributed by atoms with van der Waals surface area (Å²) in [7, 11) is 0. The highest BCUT2D eigenvalue weighted by atomic mass is 16.5. The zero-order valence-electron chi connectivity index (χ0n) is 10.8. The van der Waals surface area contributed by atoms with Gasteiger partial charge >= 0.3 is 5.97 Å². The van der Waals surface area contributed by atoms with E-state index in [-0.39, 0.29) is 6.54 Å². The molecule has 0 rings (SSSR count). The summed E-state index contributed by atoms with van der Waals surface area (Å²) >= 11 is 0. The number of carbonyl (C=O) groups is 3. The van der Waals surface area contributed by atoms with Gasteiger partial charge in [0.1, 0.15) is 6.10 Å². The van der Waals surface area contributed by atoms with Crippen LogP contribution in [0.15, 0.2) is 12.2 Å². The van der Waals surface area contributed by atoms with Gasteiger partial charge in [-0.1, -0.05) is 6.58 Å². The number of rotatable bonds is 6. The van der Waals surface area contributed by atoms with Gasteiger partial charge in [-0.2, -0.15) is 0 Å². The van der Waals surface area contributed by atoms with Gasteiger partial charge in [-0.05, 0) is 20.8 Å². The van der Waals surface area contributed by atoms with Gasteiger partial charge in [-0.3, -0.25) is 9.59 Å². The van der Waals surface area contributed by atoms with Gasteiger partial charge in [0.25, 0.3) is 5.91 Å². The molecule has 17 heavy (non-hydrogen) atoms. The molecule has 0 bridgehead atoms. The Balaban J connectivity index is 4.39. The smallest absolute Gasteiger partial charge is 0.333 e. The number of carbonyl (C=O) groups excluding carboxylic acids is 3. The third-order valence-corrected chi connectivity index (χ3v) is 2.10. The minimum Gasteiger partial charge on any atom is -0.457 e. The predicted molar refractivity (Wildman–Crippen MR) is 63.3 cm³/mol. The first kappa shape index (κ1) is 15.3. The molecule has 0 N–H and O–H groups in total. The van der Waals surface area contributed by atoms with Crippen molar-refractivity contribution in [1.29, 1.82) is 0 Å². The van der Waals surface area contributed by atoms with E-state index in [0.29, 0.717) is 12.1 Å². The van der Waals surface area contributed by atoms with Gasteiger partial charge in [-0.15, -0.1) is 0 Å². The third-order valence-electron chi connectivity index (χ3n) is 2.10. The Labute approximate surface area is 101 Å². The second kappa shape index (κ2) is 6.83. The molecular weight excluding hydrogens is 222 g/mol. The molecule has 0 fully saturated rings. The maximum Gasteiger partial charge on any atom is 0.333 e. The first-order chi connectivity index (χ1) is 7.79. The summed E-state index contributed by atoms with van der Waals surface area (Å²) in [6, 6.07) is 0. The van der Waals surface area contributed by atoms with Crippen LogP contribution in [0.25, 0.3) is 0 Å². The molecular formula is C12H19NO4. The van der Waals surface area contributed by atoms with Crippen LogP contribution < -0.4 is 0 Å². The monoisotopic (exact) mass is 241 g/mol. The number of hydrogen-bond acceptors (Lipinski definition) is 4. The van der Waals surface area contributed by atoms with E-state index in [1.807, 2.05) is 0 Å². The zero-order chi connectivity index (χ0) is 13.6. The zero-order valence-corrected chi connectivity index (χ0v) is 10.8. The fourth-order valence-electron chi connectivity index (χ4n) is 1.21. The quantitative estimate of drug-likeness (QED) is 0.394.